The Morgan fingerprint density at radius 3 is 2.46 bits per heavy atom. The highest BCUT2D eigenvalue weighted by molar-refractivity contribution is 5.94. The van der Waals surface area contributed by atoms with Gasteiger partial charge in [-0.25, -0.2) is 4.98 Å². The minimum absolute atomic E-state index is 0.00291. The van der Waals surface area contributed by atoms with Gasteiger partial charge in [0.25, 0.3) is 0 Å². The van der Waals surface area contributed by atoms with Crippen molar-refractivity contribution in [3.8, 4) is 6.07 Å². The van der Waals surface area contributed by atoms with Crippen LogP contribution in [0.25, 0.3) is 0 Å². The number of benzene rings is 2. The standard InChI is InChI=1S/C30H33N7O2/c1-21(23-11-9-22(15-31)10-12-23)16-33-29(24-7-5-4-6-8-24)30(39)35-27-14-13-25(17-32-27)26-18-34-37(19-26)20-28(38)36(2)3/h4-14,17-18,21,26,29,33H,16,19-20H2,1-3H3,(H,32,35,39)/t21-,26?,29+/m1/s1. The van der Waals surface area contributed by atoms with Gasteiger partial charge in [0.2, 0.25) is 11.8 Å². The molecule has 0 saturated heterocycles. The second-order valence-corrected chi connectivity index (χ2v) is 9.86. The van der Waals surface area contributed by atoms with Gasteiger partial charge in [0, 0.05) is 45.5 Å². The number of hydrazone groups is 1. The molecule has 200 valence electrons. The summed E-state index contributed by atoms with van der Waals surface area (Å²) >= 11 is 0. The smallest absolute Gasteiger partial charge is 0.247 e. The third kappa shape index (κ3) is 7.27. The van der Waals surface area contributed by atoms with E-state index in [2.05, 4.69) is 33.7 Å². The van der Waals surface area contributed by atoms with Gasteiger partial charge in [0.05, 0.1) is 11.6 Å². The van der Waals surface area contributed by atoms with Crippen LogP contribution in [0.5, 0.6) is 0 Å². The lowest BCUT2D eigenvalue weighted by Crippen LogP contribution is -2.35. The number of anilines is 1. The van der Waals surface area contributed by atoms with E-state index in [9.17, 15) is 9.59 Å². The van der Waals surface area contributed by atoms with Crippen molar-refractivity contribution in [2.24, 2.45) is 5.10 Å². The maximum atomic E-state index is 13.4. The molecule has 0 aliphatic carbocycles. The third-order valence-electron chi connectivity index (χ3n) is 6.73. The molecule has 1 aliphatic rings. The van der Waals surface area contributed by atoms with Gasteiger partial charge in [0.1, 0.15) is 18.4 Å². The zero-order chi connectivity index (χ0) is 27.8. The van der Waals surface area contributed by atoms with E-state index in [1.165, 1.54) is 0 Å². The second-order valence-electron chi connectivity index (χ2n) is 9.86. The zero-order valence-electron chi connectivity index (χ0n) is 22.4. The Balaban J connectivity index is 1.38. The van der Waals surface area contributed by atoms with Crippen LogP contribution in [0, 0.1) is 11.3 Å². The molecule has 0 fully saturated rings. The average Bonchev–Trinajstić information content (AvgIpc) is 3.42. The normalized spacial score (nSPS) is 15.8. The first-order valence-electron chi connectivity index (χ1n) is 12.9. The molecule has 1 unspecified atom stereocenters. The van der Waals surface area contributed by atoms with Crippen molar-refractivity contribution in [1.82, 2.24) is 20.2 Å². The first kappa shape index (κ1) is 27.5. The van der Waals surface area contributed by atoms with E-state index in [1.807, 2.05) is 54.7 Å². The van der Waals surface area contributed by atoms with Crippen LogP contribution in [-0.2, 0) is 9.59 Å². The van der Waals surface area contributed by atoms with Crippen LogP contribution in [0.15, 0.2) is 78.0 Å². The lowest BCUT2D eigenvalue weighted by molar-refractivity contribution is -0.129. The van der Waals surface area contributed by atoms with Crippen molar-refractivity contribution in [3.05, 3.63) is 95.2 Å². The summed E-state index contributed by atoms with van der Waals surface area (Å²) in [4.78, 5) is 31.4. The summed E-state index contributed by atoms with van der Waals surface area (Å²) in [6, 6.07) is 22.4. The number of nitrogens with zero attached hydrogens (tertiary/aromatic N) is 5. The molecule has 2 amide bonds. The largest absolute Gasteiger partial charge is 0.347 e. The molecule has 9 nitrogen and oxygen atoms in total. The monoisotopic (exact) mass is 523 g/mol. The number of carbonyl (C=O) groups excluding carboxylic acids is 2. The van der Waals surface area contributed by atoms with Gasteiger partial charge in [-0.2, -0.15) is 10.4 Å². The van der Waals surface area contributed by atoms with Crippen LogP contribution in [0.1, 0.15) is 47.1 Å². The number of amides is 2. The molecule has 3 atom stereocenters. The van der Waals surface area contributed by atoms with Crippen LogP contribution in [-0.4, -0.2) is 66.7 Å². The summed E-state index contributed by atoms with van der Waals surface area (Å²) in [5.41, 5.74) is 3.53. The highest BCUT2D eigenvalue weighted by Crippen LogP contribution is 2.22. The van der Waals surface area contributed by atoms with Crippen molar-refractivity contribution >= 4 is 23.8 Å². The number of nitriles is 1. The van der Waals surface area contributed by atoms with Gasteiger partial charge >= 0.3 is 0 Å². The molecule has 1 aromatic heterocycles. The molecular formula is C30H33N7O2. The van der Waals surface area contributed by atoms with Crippen LogP contribution < -0.4 is 10.6 Å². The minimum atomic E-state index is -0.571. The van der Waals surface area contributed by atoms with E-state index in [1.54, 1.807) is 48.4 Å². The fourth-order valence-corrected chi connectivity index (χ4v) is 4.29. The molecule has 2 aromatic carbocycles. The van der Waals surface area contributed by atoms with E-state index < -0.39 is 6.04 Å². The van der Waals surface area contributed by atoms with Crippen molar-refractivity contribution in [2.75, 3.05) is 39.0 Å². The number of pyridine rings is 1. The molecule has 1 aliphatic heterocycles. The number of hydrogen-bond acceptors (Lipinski definition) is 7. The summed E-state index contributed by atoms with van der Waals surface area (Å²) in [5.74, 6) is 0.414. The minimum Gasteiger partial charge on any atom is -0.347 e. The number of aromatic nitrogens is 1. The summed E-state index contributed by atoms with van der Waals surface area (Å²) in [5, 5.41) is 21.5. The molecule has 2 N–H and O–H groups in total. The van der Waals surface area contributed by atoms with E-state index in [0.29, 0.717) is 24.5 Å². The van der Waals surface area contributed by atoms with Crippen molar-refractivity contribution in [2.45, 2.75) is 24.8 Å². The van der Waals surface area contributed by atoms with E-state index >= 15 is 0 Å². The quantitative estimate of drug-likeness (QED) is 0.421. The molecular weight excluding hydrogens is 490 g/mol. The Bertz CT molecular complexity index is 1330. The summed E-state index contributed by atoms with van der Waals surface area (Å²) < 4.78 is 0. The van der Waals surface area contributed by atoms with Gasteiger partial charge in [-0.3, -0.25) is 14.6 Å². The molecule has 9 heteroatoms. The molecule has 0 saturated carbocycles. The molecule has 0 bridgehead atoms. The number of carbonyl (C=O) groups is 2. The Morgan fingerprint density at radius 2 is 1.82 bits per heavy atom. The highest BCUT2D eigenvalue weighted by atomic mass is 16.2. The zero-order valence-corrected chi connectivity index (χ0v) is 22.4. The maximum absolute atomic E-state index is 13.4. The molecule has 0 radical (unpaired) electrons. The fourth-order valence-electron chi connectivity index (χ4n) is 4.29. The van der Waals surface area contributed by atoms with Crippen molar-refractivity contribution in [1.29, 1.82) is 5.26 Å². The third-order valence-corrected chi connectivity index (χ3v) is 6.73. The molecule has 4 rings (SSSR count). The van der Waals surface area contributed by atoms with E-state index in [4.69, 9.17) is 5.26 Å². The van der Waals surface area contributed by atoms with Crippen molar-refractivity contribution < 1.29 is 9.59 Å². The van der Waals surface area contributed by atoms with Crippen LogP contribution in [0.4, 0.5) is 5.82 Å². The molecule has 0 spiro atoms. The number of rotatable bonds is 10. The Morgan fingerprint density at radius 1 is 1.08 bits per heavy atom. The van der Waals surface area contributed by atoms with Gasteiger partial charge in [0.15, 0.2) is 0 Å². The number of nitrogens with one attached hydrogen (secondary N) is 2. The number of likely N-dealkylation sites (N-methyl/N-ethyl adjacent to an activating group) is 1. The van der Waals surface area contributed by atoms with Gasteiger partial charge in [-0.1, -0.05) is 55.5 Å². The SMILES string of the molecule is C[C@H](CN[C@H](C(=O)Nc1ccc(C2C=NN(CC(=O)N(C)C)C2)cn1)c1ccccc1)c1ccc(C#N)cc1. The summed E-state index contributed by atoms with van der Waals surface area (Å²) in [6.07, 6.45) is 3.56. The lowest BCUT2D eigenvalue weighted by atomic mass is 9.98. The Hall–Kier alpha value is -4.55. The molecule has 2 heterocycles. The van der Waals surface area contributed by atoms with Crippen molar-refractivity contribution in [3.63, 3.8) is 0 Å². The average molecular weight is 524 g/mol. The maximum Gasteiger partial charge on any atom is 0.247 e. The topological polar surface area (TPSA) is 114 Å². The van der Waals surface area contributed by atoms with Crippen LogP contribution in [0.2, 0.25) is 0 Å². The lowest BCUT2D eigenvalue weighted by Gasteiger charge is -2.21. The Labute approximate surface area is 229 Å². The van der Waals surface area contributed by atoms with E-state index in [-0.39, 0.29) is 30.2 Å². The first-order valence-corrected chi connectivity index (χ1v) is 12.9. The van der Waals surface area contributed by atoms with Gasteiger partial charge in [-0.15, -0.1) is 0 Å². The number of hydrogen-bond donors (Lipinski definition) is 2. The van der Waals surface area contributed by atoms with Gasteiger partial charge in [-0.05, 0) is 40.8 Å². The first-order chi connectivity index (χ1) is 18.8. The van der Waals surface area contributed by atoms with Crippen LogP contribution in [0.3, 0.4) is 0 Å². The van der Waals surface area contributed by atoms with Gasteiger partial charge < -0.3 is 15.5 Å². The van der Waals surface area contributed by atoms with E-state index in [0.717, 1.165) is 16.7 Å². The molecule has 39 heavy (non-hydrogen) atoms. The highest BCUT2D eigenvalue weighted by Gasteiger charge is 2.24. The second kappa shape index (κ2) is 12.8. The molecule has 3 aromatic rings. The predicted molar refractivity (Wildman–Crippen MR) is 151 cm³/mol. The Kier molecular flexibility index (Phi) is 9.02. The van der Waals surface area contributed by atoms with Crippen LogP contribution >= 0.6 is 0 Å². The predicted octanol–water partition coefficient (Wildman–Crippen LogP) is 3.50. The summed E-state index contributed by atoms with van der Waals surface area (Å²) in [7, 11) is 3.45. The summed E-state index contributed by atoms with van der Waals surface area (Å²) in [6.45, 7) is 3.49. The fraction of sp³-hybridized carbons (Fsp3) is 0.300.